The van der Waals surface area contributed by atoms with Gasteiger partial charge in [-0.15, -0.1) is 0 Å². The van der Waals surface area contributed by atoms with E-state index < -0.39 is 0 Å². The second kappa shape index (κ2) is 5.82. The van der Waals surface area contributed by atoms with Crippen LogP contribution in [-0.2, 0) is 4.79 Å². The molecule has 0 aliphatic heterocycles. The van der Waals surface area contributed by atoms with E-state index in [0.717, 1.165) is 16.8 Å². The summed E-state index contributed by atoms with van der Waals surface area (Å²) in [6, 6.07) is 5.88. The van der Waals surface area contributed by atoms with Gasteiger partial charge in [0.2, 0.25) is 5.91 Å². The molecule has 0 radical (unpaired) electrons. The fourth-order valence-corrected chi connectivity index (χ4v) is 1.65. The summed E-state index contributed by atoms with van der Waals surface area (Å²) < 4.78 is 0. The fourth-order valence-electron chi connectivity index (χ4n) is 1.65. The fraction of sp³-hybridized carbons (Fsp3) is 0.500. The maximum atomic E-state index is 11.8. The van der Waals surface area contributed by atoms with Gasteiger partial charge in [-0.2, -0.15) is 0 Å². The SMILES string of the molecule is Cc1cccc(C)c1NC(=O)CC(N)C(C)C. The smallest absolute Gasteiger partial charge is 0.225 e. The highest BCUT2D eigenvalue weighted by Crippen LogP contribution is 2.19. The van der Waals surface area contributed by atoms with Crippen LogP contribution in [0.25, 0.3) is 0 Å². The monoisotopic (exact) mass is 234 g/mol. The van der Waals surface area contributed by atoms with Crippen LogP contribution in [0.2, 0.25) is 0 Å². The lowest BCUT2D eigenvalue weighted by Crippen LogP contribution is -2.31. The Balaban J connectivity index is 2.69. The number of carbonyl (C=O) groups excluding carboxylic acids is 1. The number of hydrogen-bond donors (Lipinski definition) is 2. The summed E-state index contributed by atoms with van der Waals surface area (Å²) in [4.78, 5) is 11.8. The molecule has 0 heterocycles. The van der Waals surface area contributed by atoms with Gasteiger partial charge in [0, 0.05) is 18.2 Å². The summed E-state index contributed by atoms with van der Waals surface area (Å²) in [6.07, 6.45) is 0.367. The lowest BCUT2D eigenvalue weighted by atomic mass is 10.0. The van der Waals surface area contributed by atoms with E-state index in [1.54, 1.807) is 0 Å². The normalized spacial score (nSPS) is 12.6. The van der Waals surface area contributed by atoms with Crippen LogP contribution in [0.5, 0.6) is 0 Å². The summed E-state index contributed by atoms with van der Waals surface area (Å²) in [5.74, 6) is 0.308. The zero-order valence-electron chi connectivity index (χ0n) is 11.1. The first kappa shape index (κ1) is 13.7. The van der Waals surface area contributed by atoms with Gasteiger partial charge < -0.3 is 11.1 Å². The molecule has 94 valence electrons. The second-order valence-electron chi connectivity index (χ2n) is 4.93. The Kier molecular flexibility index (Phi) is 4.70. The highest BCUT2D eigenvalue weighted by Gasteiger charge is 2.14. The molecule has 1 unspecified atom stereocenters. The molecule has 3 nitrogen and oxygen atoms in total. The van der Waals surface area contributed by atoms with Crippen molar-refractivity contribution in [2.24, 2.45) is 11.7 Å². The molecule has 0 saturated carbocycles. The van der Waals surface area contributed by atoms with Crippen LogP contribution in [0.1, 0.15) is 31.4 Å². The van der Waals surface area contributed by atoms with Crippen molar-refractivity contribution in [2.75, 3.05) is 5.32 Å². The number of carbonyl (C=O) groups is 1. The van der Waals surface area contributed by atoms with Crippen LogP contribution in [0.4, 0.5) is 5.69 Å². The van der Waals surface area contributed by atoms with Crippen molar-refractivity contribution in [1.82, 2.24) is 0 Å². The van der Waals surface area contributed by atoms with Gasteiger partial charge in [0.1, 0.15) is 0 Å². The van der Waals surface area contributed by atoms with Crippen LogP contribution >= 0.6 is 0 Å². The van der Waals surface area contributed by atoms with Gasteiger partial charge in [0.05, 0.1) is 0 Å². The van der Waals surface area contributed by atoms with Gasteiger partial charge in [-0.3, -0.25) is 4.79 Å². The van der Waals surface area contributed by atoms with E-state index in [2.05, 4.69) is 5.32 Å². The number of para-hydroxylation sites is 1. The van der Waals surface area contributed by atoms with Crippen molar-refractivity contribution >= 4 is 11.6 Å². The number of anilines is 1. The van der Waals surface area contributed by atoms with E-state index in [1.165, 1.54) is 0 Å². The molecule has 1 aromatic carbocycles. The van der Waals surface area contributed by atoms with Gasteiger partial charge in [-0.1, -0.05) is 32.0 Å². The maximum Gasteiger partial charge on any atom is 0.225 e. The Bertz CT molecular complexity index is 379. The summed E-state index contributed by atoms with van der Waals surface area (Å²) in [5, 5.41) is 2.95. The van der Waals surface area contributed by atoms with Crippen molar-refractivity contribution in [3.8, 4) is 0 Å². The van der Waals surface area contributed by atoms with E-state index in [-0.39, 0.29) is 11.9 Å². The Morgan fingerprint density at radius 2 is 1.82 bits per heavy atom. The predicted molar refractivity (Wildman–Crippen MR) is 72.0 cm³/mol. The number of amides is 1. The predicted octanol–water partition coefficient (Wildman–Crippen LogP) is 2.62. The number of hydrogen-bond acceptors (Lipinski definition) is 2. The summed E-state index contributed by atoms with van der Waals surface area (Å²) in [6.45, 7) is 8.03. The topological polar surface area (TPSA) is 55.1 Å². The van der Waals surface area contributed by atoms with Gasteiger partial charge in [0.15, 0.2) is 0 Å². The van der Waals surface area contributed by atoms with Gasteiger partial charge >= 0.3 is 0 Å². The van der Waals surface area contributed by atoms with E-state index in [0.29, 0.717) is 12.3 Å². The molecule has 3 N–H and O–H groups in total. The summed E-state index contributed by atoms with van der Waals surface area (Å²) in [7, 11) is 0. The molecule has 0 fully saturated rings. The standard InChI is InChI=1S/C14H22N2O/c1-9(2)12(15)8-13(17)16-14-10(3)6-5-7-11(14)4/h5-7,9,12H,8,15H2,1-4H3,(H,16,17). The number of nitrogens with two attached hydrogens (primary N) is 1. The Hall–Kier alpha value is -1.35. The first-order chi connectivity index (χ1) is 7.91. The van der Waals surface area contributed by atoms with E-state index in [1.807, 2.05) is 45.9 Å². The average molecular weight is 234 g/mol. The molecule has 1 rings (SSSR count). The molecule has 1 atom stereocenters. The zero-order valence-corrected chi connectivity index (χ0v) is 11.1. The molecule has 0 aliphatic carbocycles. The highest BCUT2D eigenvalue weighted by atomic mass is 16.1. The van der Waals surface area contributed by atoms with Crippen molar-refractivity contribution < 1.29 is 4.79 Å². The first-order valence-electron chi connectivity index (χ1n) is 6.03. The third-order valence-corrected chi connectivity index (χ3v) is 3.02. The van der Waals surface area contributed by atoms with Crippen molar-refractivity contribution in [3.63, 3.8) is 0 Å². The third kappa shape index (κ3) is 3.86. The molecule has 0 aliphatic rings. The average Bonchev–Trinajstić information content (AvgIpc) is 2.23. The van der Waals surface area contributed by atoms with Gasteiger partial charge in [0.25, 0.3) is 0 Å². The quantitative estimate of drug-likeness (QED) is 0.841. The van der Waals surface area contributed by atoms with Crippen molar-refractivity contribution in [2.45, 2.75) is 40.2 Å². The van der Waals surface area contributed by atoms with E-state index in [9.17, 15) is 4.79 Å². The van der Waals surface area contributed by atoms with Crippen LogP contribution in [0, 0.1) is 19.8 Å². The third-order valence-electron chi connectivity index (χ3n) is 3.02. The Morgan fingerprint density at radius 3 is 2.29 bits per heavy atom. The summed E-state index contributed by atoms with van der Waals surface area (Å²) in [5.41, 5.74) is 8.96. The van der Waals surface area contributed by atoms with Crippen LogP contribution in [-0.4, -0.2) is 11.9 Å². The van der Waals surface area contributed by atoms with Crippen molar-refractivity contribution in [3.05, 3.63) is 29.3 Å². The minimum Gasteiger partial charge on any atom is -0.327 e. The molecule has 0 aromatic heterocycles. The minimum absolute atomic E-state index is 0.0106. The lowest BCUT2D eigenvalue weighted by Gasteiger charge is -2.16. The lowest BCUT2D eigenvalue weighted by molar-refractivity contribution is -0.116. The molecule has 0 saturated heterocycles. The van der Waals surface area contributed by atoms with Crippen LogP contribution < -0.4 is 11.1 Å². The summed E-state index contributed by atoms with van der Waals surface area (Å²) >= 11 is 0. The molecule has 3 heteroatoms. The van der Waals surface area contributed by atoms with Gasteiger partial charge in [-0.05, 0) is 30.9 Å². The number of nitrogens with one attached hydrogen (secondary N) is 1. The molecule has 0 spiro atoms. The Labute approximate surface area is 103 Å². The number of aryl methyl sites for hydroxylation is 2. The molecule has 1 aromatic rings. The van der Waals surface area contributed by atoms with Gasteiger partial charge in [-0.25, -0.2) is 0 Å². The van der Waals surface area contributed by atoms with Crippen LogP contribution in [0.15, 0.2) is 18.2 Å². The second-order valence-corrected chi connectivity index (χ2v) is 4.93. The number of rotatable bonds is 4. The molecular formula is C14H22N2O. The minimum atomic E-state index is -0.0840. The maximum absolute atomic E-state index is 11.8. The number of benzene rings is 1. The van der Waals surface area contributed by atoms with Crippen LogP contribution in [0.3, 0.4) is 0 Å². The Morgan fingerprint density at radius 1 is 1.29 bits per heavy atom. The molecular weight excluding hydrogens is 212 g/mol. The first-order valence-corrected chi connectivity index (χ1v) is 6.03. The largest absolute Gasteiger partial charge is 0.327 e. The van der Waals surface area contributed by atoms with E-state index >= 15 is 0 Å². The molecule has 1 amide bonds. The zero-order chi connectivity index (χ0) is 13.0. The molecule has 17 heavy (non-hydrogen) atoms. The molecule has 0 bridgehead atoms. The van der Waals surface area contributed by atoms with E-state index in [4.69, 9.17) is 5.73 Å². The highest BCUT2D eigenvalue weighted by molar-refractivity contribution is 5.92. The van der Waals surface area contributed by atoms with Crippen molar-refractivity contribution in [1.29, 1.82) is 0 Å².